The molecule has 0 unspecified atom stereocenters. The molecule has 1 atom stereocenters. The Bertz CT molecular complexity index is 698. The number of nitrogens with zero attached hydrogens (tertiary/aromatic N) is 4. The maximum Gasteiger partial charge on any atom is 0.255 e. The molecule has 0 aliphatic carbocycles. The lowest BCUT2D eigenvalue weighted by Gasteiger charge is -2.14. The van der Waals surface area contributed by atoms with Crippen molar-refractivity contribution >= 4 is 5.91 Å². The molecule has 126 valence electrons. The quantitative estimate of drug-likeness (QED) is 0.891. The Morgan fingerprint density at radius 3 is 2.48 bits per heavy atom. The third-order valence-corrected chi connectivity index (χ3v) is 4.16. The molecule has 2 aromatic rings. The van der Waals surface area contributed by atoms with Gasteiger partial charge in [0.1, 0.15) is 0 Å². The van der Waals surface area contributed by atoms with Crippen LogP contribution in [0.2, 0.25) is 0 Å². The zero-order valence-corrected chi connectivity index (χ0v) is 15.0. The summed E-state index contributed by atoms with van der Waals surface area (Å²) in [6.07, 6.45) is 2.82. The van der Waals surface area contributed by atoms with E-state index in [-0.39, 0.29) is 11.9 Å². The van der Waals surface area contributed by atoms with Gasteiger partial charge in [0.05, 0.1) is 23.0 Å². The van der Waals surface area contributed by atoms with Crippen LogP contribution < -0.4 is 5.32 Å². The molecule has 0 bridgehead atoms. The SMILES string of the molecule is CCCn1cc(C(=O)N[C@H](C)c2c(C)nn(CC)c2C)c(C)n1. The predicted molar refractivity (Wildman–Crippen MR) is 90.5 cm³/mol. The van der Waals surface area contributed by atoms with Crippen molar-refractivity contribution in [2.75, 3.05) is 0 Å². The van der Waals surface area contributed by atoms with Crippen LogP contribution in [0, 0.1) is 20.8 Å². The Balaban J connectivity index is 2.18. The fourth-order valence-corrected chi connectivity index (χ4v) is 3.08. The second-order valence-corrected chi connectivity index (χ2v) is 5.99. The van der Waals surface area contributed by atoms with Crippen LogP contribution in [0.4, 0.5) is 0 Å². The molecule has 0 aliphatic heterocycles. The van der Waals surface area contributed by atoms with E-state index in [1.165, 1.54) is 0 Å². The Hall–Kier alpha value is -2.11. The molecule has 0 saturated heterocycles. The predicted octanol–water partition coefficient (Wildman–Crippen LogP) is 2.93. The highest BCUT2D eigenvalue weighted by Crippen LogP contribution is 2.22. The number of aromatic nitrogens is 4. The average Bonchev–Trinajstić information content (AvgIpc) is 2.99. The summed E-state index contributed by atoms with van der Waals surface area (Å²) in [5.41, 5.74) is 4.58. The first-order chi connectivity index (χ1) is 10.9. The lowest BCUT2D eigenvalue weighted by Crippen LogP contribution is -2.27. The van der Waals surface area contributed by atoms with Gasteiger partial charge in [-0.3, -0.25) is 14.2 Å². The van der Waals surface area contributed by atoms with Gasteiger partial charge in [-0.15, -0.1) is 0 Å². The van der Waals surface area contributed by atoms with Gasteiger partial charge in [0.15, 0.2) is 0 Å². The second kappa shape index (κ2) is 6.98. The number of rotatable bonds is 6. The number of carbonyl (C=O) groups is 1. The standard InChI is InChI=1S/C17H27N5O/c1-7-9-21-10-15(11(3)19-21)17(23)18-12(4)16-13(5)20-22(8-2)14(16)6/h10,12H,7-9H2,1-6H3,(H,18,23)/t12-/m1/s1. The van der Waals surface area contributed by atoms with E-state index in [0.717, 1.165) is 42.2 Å². The third kappa shape index (κ3) is 3.46. The van der Waals surface area contributed by atoms with Gasteiger partial charge in [-0.25, -0.2) is 0 Å². The molecule has 2 rings (SSSR count). The fraction of sp³-hybridized carbons (Fsp3) is 0.588. The van der Waals surface area contributed by atoms with E-state index in [0.29, 0.717) is 5.56 Å². The molecule has 6 heteroatoms. The van der Waals surface area contributed by atoms with E-state index in [4.69, 9.17) is 0 Å². The normalized spacial score (nSPS) is 12.4. The van der Waals surface area contributed by atoms with Gasteiger partial charge in [-0.1, -0.05) is 6.92 Å². The van der Waals surface area contributed by atoms with E-state index in [2.05, 4.69) is 29.4 Å². The fourth-order valence-electron chi connectivity index (χ4n) is 3.08. The lowest BCUT2D eigenvalue weighted by molar-refractivity contribution is 0.0939. The van der Waals surface area contributed by atoms with Crippen molar-refractivity contribution in [3.8, 4) is 0 Å². The summed E-state index contributed by atoms with van der Waals surface area (Å²) in [5.74, 6) is -0.0830. The molecule has 0 saturated carbocycles. The monoisotopic (exact) mass is 317 g/mol. The van der Waals surface area contributed by atoms with Gasteiger partial charge in [-0.05, 0) is 41.0 Å². The summed E-state index contributed by atoms with van der Waals surface area (Å²) in [6.45, 7) is 13.7. The number of amides is 1. The Morgan fingerprint density at radius 2 is 1.91 bits per heavy atom. The molecule has 0 aliphatic rings. The van der Waals surface area contributed by atoms with E-state index in [1.54, 1.807) is 0 Å². The average molecular weight is 317 g/mol. The highest BCUT2D eigenvalue weighted by molar-refractivity contribution is 5.95. The number of hydrogen-bond donors (Lipinski definition) is 1. The van der Waals surface area contributed by atoms with Crippen molar-refractivity contribution < 1.29 is 4.79 Å². The summed E-state index contributed by atoms with van der Waals surface area (Å²) in [7, 11) is 0. The number of aryl methyl sites for hydroxylation is 4. The molecule has 23 heavy (non-hydrogen) atoms. The van der Waals surface area contributed by atoms with Crippen molar-refractivity contribution in [1.82, 2.24) is 24.9 Å². The van der Waals surface area contributed by atoms with E-state index >= 15 is 0 Å². The summed E-state index contributed by atoms with van der Waals surface area (Å²) in [5, 5.41) is 12.0. The maximum absolute atomic E-state index is 12.6. The summed E-state index contributed by atoms with van der Waals surface area (Å²) in [4.78, 5) is 12.6. The zero-order chi connectivity index (χ0) is 17.1. The minimum Gasteiger partial charge on any atom is -0.345 e. The van der Waals surface area contributed by atoms with Crippen LogP contribution in [0.25, 0.3) is 0 Å². The minimum atomic E-state index is -0.0864. The Kier molecular flexibility index (Phi) is 5.23. The van der Waals surface area contributed by atoms with Gasteiger partial charge in [0.25, 0.3) is 5.91 Å². The van der Waals surface area contributed by atoms with Crippen molar-refractivity contribution in [2.45, 2.75) is 67.1 Å². The molecule has 0 aromatic carbocycles. The number of hydrogen-bond acceptors (Lipinski definition) is 3. The van der Waals surface area contributed by atoms with Gasteiger partial charge >= 0.3 is 0 Å². The van der Waals surface area contributed by atoms with Crippen molar-refractivity contribution in [2.24, 2.45) is 0 Å². The van der Waals surface area contributed by atoms with Crippen molar-refractivity contribution in [3.05, 3.63) is 34.4 Å². The van der Waals surface area contributed by atoms with Crippen molar-refractivity contribution in [1.29, 1.82) is 0 Å². The summed E-state index contributed by atoms with van der Waals surface area (Å²) in [6, 6.07) is -0.0864. The maximum atomic E-state index is 12.6. The molecule has 6 nitrogen and oxygen atoms in total. The van der Waals surface area contributed by atoms with Crippen LogP contribution in [0.5, 0.6) is 0 Å². The molecule has 0 fully saturated rings. The molecule has 2 heterocycles. The molecule has 1 N–H and O–H groups in total. The summed E-state index contributed by atoms with van der Waals surface area (Å²) < 4.78 is 3.80. The van der Waals surface area contributed by atoms with Crippen LogP contribution in [0.1, 0.15) is 66.2 Å². The van der Waals surface area contributed by atoms with Crippen LogP contribution in [-0.2, 0) is 13.1 Å². The summed E-state index contributed by atoms with van der Waals surface area (Å²) >= 11 is 0. The first-order valence-electron chi connectivity index (χ1n) is 8.27. The molecular weight excluding hydrogens is 290 g/mol. The van der Waals surface area contributed by atoms with Crippen LogP contribution >= 0.6 is 0 Å². The largest absolute Gasteiger partial charge is 0.345 e. The van der Waals surface area contributed by atoms with Gasteiger partial charge < -0.3 is 5.32 Å². The van der Waals surface area contributed by atoms with Gasteiger partial charge in [0, 0.05) is 30.5 Å². The molecule has 0 radical (unpaired) electrons. The van der Waals surface area contributed by atoms with E-state index in [9.17, 15) is 4.79 Å². The zero-order valence-electron chi connectivity index (χ0n) is 15.0. The lowest BCUT2D eigenvalue weighted by atomic mass is 10.1. The Labute approximate surface area is 137 Å². The van der Waals surface area contributed by atoms with Crippen LogP contribution in [-0.4, -0.2) is 25.5 Å². The molecule has 1 amide bonds. The van der Waals surface area contributed by atoms with Gasteiger partial charge in [-0.2, -0.15) is 10.2 Å². The number of nitrogens with one attached hydrogen (secondary N) is 1. The molecular formula is C17H27N5O. The first-order valence-corrected chi connectivity index (χ1v) is 8.27. The highest BCUT2D eigenvalue weighted by atomic mass is 16.1. The molecule has 0 spiro atoms. The second-order valence-electron chi connectivity index (χ2n) is 5.99. The van der Waals surface area contributed by atoms with Crippen LogP contribution in [0.15, 0.2) is 6.20 Å². The van der Waals surface area contributed by atoms with E-state index < -0.39 is 0 Å². The highest BCUT2D eigenvalue weighted by Gasteiger charge is 2.21. The Morgan fingerprint density at radius 1 is 1.22 bits per heavy atom. The minimum absolute atomic E-state index is 0.0830. The topological polar surface area (TPSA) is 64.7 Å². The van der Waals surface area contributed by atoms with E-state index in [1.807, 2.05) is 43.3 Å². The van der Waals surface area contributed by atoms with Gasteiger partial charge in [0.2, 0.25) is 0 Å². The number of carbonyl (C=O) groups excluding carboxylic acids is 1. The third-order valence-electron chi connectivity index (χ3n) is 4.16. The van der Waals surface area contributed by atoms with Crippen LogP contribution in [0.3, 0.4) is 0 Å². The smallest absolute Gasteiger partial charge is 0.255 e. The molecule has 2 aromatic heterocycles. The first kappa shape index (κ1) is 17.2. The van der Waals surface area contributed by atoms with Crippen molar-refractivity contribution in [3.63, 3.8) is 0 Å².